The molecule has 2 aromatic heterocycles. The summed E-state index contributed by atoms with van der Waals surface area (Å²) in [6.45, 7) is 0. The SMILES string of the molecule is CNS(=O)(=O)c1ccc(Sc2nc3ncccn3n2)c([N+](=O)[O-])c1. The third-order valence-corrected chi connectivity index (χ3v) is 5.34. The van der Waals surface area contributed by atoms with Gasteiger partial charge in [-0.3, -0.25) is 10.1 Å². The van der Waals surface area contributed by atoms with Gasteiger partial charge in [-0.15, -0.1) is 5.10 Å². The Balaban J connectivity index is 2.02. The molecule has 0 saturated carbocycles. The zero-order valence-corrected chi connectivity index (χ0v) is 13.8. The molecular weight excluding hydrogens is 356 g/mol. The van der Waals surface area contributed by atoms with E-state index in [1.54, 1.807) is 18.5 Å². The lowest BCUT2D eigenvalue weighted by atomic mass is 10.3. The Labute approximate surface area is 140 Å². The molecule has 24 heavy (non-hydrogen) atoms. The lowest BCUT2D eigenvalue weighted by molar-refractivity contribution is -0.388. The van der Waals surface area contributed by atoms with Crippen molar-refractivity contribution in [3.63, 3.8) is 0 Å². The van der Waals surface area contributed by atoms with Crippen LogP contribution in [0.1, 0.15) is 0 Å². The van der Waals surface area contributed by atoms with Crippen LogP contribution in [0.5, 0.6) is 0 Å². The molecule has 0 aliphatic carbocycles. The number of aromatic nitrogens is 4. The van der Waals surface area contributed by atoms with E-state index < -0.39 is 14.9 Å². The molecule has 0 spiro atoms. The van der Waals surface area contributed by atoms with E-state index in [-0.39, 0.29) is 20.6 Å². The first-order chi connectivity index (χ1) is 11.4. The summed E-state index contributed by atoms with van der Waals surface area (Å²) in [4.78, 5) is 18.8. The van der Waals surface area contributed by atoms with Crippen molar-refractivity contribution < 1.29 is 13.3 Å². The van der Waals surface area contributed by atoms with Gasteiger partial charge >= 0.3 is 0 Å². The minimum atomic E-state index is -3.77. The Morgan fingerprint density at radius 1 is 1.38 bits per heavy atom. The maximum Gasteiger partial charge on any atom is 0.284 e. The Morgan fingerprint density at radius 2 is 2.17 bits per heavy atom. The van der Waals surface area contributed by atoms with Crippen LogP contribution in [0.2, 0.25) is 0 Å². The van der Waals surface area contributed by atoms with Crippen LogP contribution in [0.3, 0.4) is 0 Å². The first-order valence-corrected chi connectivity index (χ1v) is 8.78. The number of nitro benzene ring substituents is 1. The molecule has 1 aromatic carbocycles. The Hall–Kier alpha value is -2.57. The van der Waals surface area contributed by atoms with Crippen molar-refractivity contribution in [2.75, 3.05) is 7.05 Å². The molecule has 0 radical (unpaired) electrons. The zero-order chi connectivity index (χ0) is 17.3. The van der Waals surface area contributed by atoms with Gasteiger partial charge in [-0.2, -0.15) is 4.98 Å². The van der Waals surface area contributed by atoms with Gasteiger partial charge in [0.2, 0.25) is 15.2 Å². The maximum atomic E-state index is 11.8. The van der Waals surface area contributed by atoms with E-state index in [0.29, 0.717) is 5.78 Å². The highest BCUT2D eigenvalue weighted by atomic mass is 32.2. The van der Waals surface area contributed by atoms with E-state index in [4.69, 9.17) is 0 Å². The van der Waals surface area contributed by atoms with E-state index in [2.05, 4.69) is 19.8 Å². The number of hydrogen-bond donors (Lipinski definition) is 1. The topological polar surface area (TPSA) is 132 Å². The molecule has 0 aliphatic heterocycles. The number of fused-ring (bicyclic) bond motifs is 1. The van der Waals surface area contributed by atoms with Gasteiger partial charge in [-0.1, -0.05) is 0 Å². The fraction of sp³-hybridized carbons (Fsp3) is 0.0833. The maximum absolute atomic E-state index is 11.8. The van der Waals surface area contributed by atoms with Crippen LogP contribution < -0.4 is 4.72 Å². The minimum absolute atomic E-state index is 0.189. The number of benzene rings is 1. The largest absolute Gasteiger partial charge is 0.284 e. The van der Waals surface area contributed by atoms with Crippen LogP contribution in [-0.4, -0.2) is 40.0 Å². The molecule has 0 fully saturated rings. The van der Waals surface area contributed by atoms with Gasteiger partial charge in [0.05, 0.1) is 14.7 Å². The number of nitro groups is 1. The highest BCUT2D eigenvalue weighted by Crippen LogP contribution is 2.34. The Kier molecular flexibility index (Phi) is 4.17. The molecule has 3 aromatic rings. The molecule has 0 unspecified atom stereocenters. The normalized spacial score (nSPS) is 11.7. The summed E-state index contributed by atoms with van der Waals surface area (Å²) in [5, 5.41) is 15.7. The van der Waals surface area contributed by atoms with Gasteiger partial charge in [0.1, 0.15) is 0 Å². The number of nitrogens with zero attached hydrogens (tertiary/aromatic N) is 5. The smallest absolute Gasteiger partial charge is 0.258 e. The summed E-state index contributed by atoms with van der Waals surface area (Å²) in [6.07, 6.45) is 3.20. The van der Waals surface area contributed by atoms with Gasteiger partial charge < -0.3 is 0 Å². The number of sulfonamides is 1. The molecule has 0 amide bonds. The van der Waals surface area contributed by atoms with Gasteiger partial charge in [-0.05, 0) is 37.0 Å². The summed E-state index contributed by atoms with van der Waals surface area (Å²) in [7, 11) is -2.54. The summed E-state index contributed by atoms with van der Waals surface area (Å²) in [6, 6.07) is 5.32. The van der Waals surface area contributed by atoms with Gasteiger partial charge in [0.15, 0.2) is 0 Å². The Morgan fingerprint density at radius 3 is 2.83 bits per heavy atom. The summed E-state index contributed by atoms with van der Waals surface area (Å²) in [5.41, 5.74) is -0.344. The number of rotatable bonds is 5. The summed E-state index contributed by atoms with van der Waals surface area (Å²) >= 11 is 0.955. The predicted octanol–water partition coefficient (Wildman–Crippen LogP) is 1.09. The van der Waals surface area contributed by atoms with E-state index in [9.17, 15) is 18.5 Å². The fourth-order valence-corrected chi connectivity index (χ4v) is 3.44. The third-order valence-electron chi connectivity index (χ3n) is 3.00. The van der Waals surface area contributed by atoms with E-state index in [0.717, 1.165) is 17.8 Å². The molecule has 0 bridgehead atoms. The van der Waals surface area contributed by atoms with Crippen LogP contribution in [0.15, 0.2) is 51.6 Å². The van der Waals surface area contributed by atoms with Gasteiger partial charge in [0, 0.05) is 18.5 Å². The highest BCUT2D eigenvalue weighted by Gasteiger charge is 2.22. The molecular formula is C12H10N6O4S2. The van der Waals surface area contributed by atoms with Crippen molar-refractivity contribution in [2.24, 2.45) is 0 Å². The van der Waals surface area contributed by atoms with Crippen LogP contribution >= 0.6 is 11.8 Å². The molecule has 12 heteroatoms. The van der Waals surface area contributed by atoms with E-state index in [1.807, 2.05) is 0 Å². The van der Waals surface area contributed by atoms with Crippen molar-refractivity contribution in [1.29, 1.82) is 0 Å². The second-order valence-corrected chi connectivity index (χ2v) is 7.35. The summed E-state index contributed by atoms with van der Waals surface area (Å²) in [5.74, 6) is 0.358. The molecule has 10 nitrogen and oxygen atoms in total. The van der Waals surface area contributed by atoms with Gasteiger partial charge in [0.25, 0.3) is 11.5 Å². The Bertz CT molecular complexity index is 1000. The minimum Gasteiger partial charge on any atom is -0.258 e. The van der Waals surface area contributed by atoms with Crippen LogP contribution in [-0.2, 0) is 10.0 Å². The molecule has 124 valence electrons. The van der Waals surface area contributed by atoms with Crippen molar-refractivity contribution >= 4 is 33.3 Å². The van der Waals surface area contributed by atoms with Crippen molar-refractivity contribution in [3.8, 4) is 0 Å². The third kappa shape index (κ3) is 3.06. The average molecular weight is 366 g/mol. The summed E-state index contributed by atoms with van der Waals surface area (Å²) < 4.78 is 27.1. The van der Waals surface area contributed by atoms with Crippen LogP contribution in [0, 0.1) is 10.1 Å². The lowest BCUT2D eigenvalue weighted by Gasteiger charge is -2.04. The van der Waals surface area contributed by atoms with Gasteiger partial charge in [-0.25, -0.2) is 22.6 Å². The molecule has 0 aliphatic rings. The van der Waals surface area contributed by atoms with Crippen LogP contribution in [0.25, 0.3) is 5.78 Å². The van der Waals surface area contributed by atoms with Crippen molar-refractivity contribution in [2.45, 2.75) is 14.9 Å². The first kappa shape index (κ1) is 16.3. The standard InChI is InChI=1S/C12H10N6O4S2/c1-13-24(21,22)8-3-4-10(9(7-8)18(19)20)23-12-15-11-14-5-2-6-17(11)16-12/h2-7,13H,1H3. The first-order valence-electron chi connectivity index (χ1n) is 6.48. The molecule has 0 atom stereocenters. The zero-order valence-electron chi connectivity index (χ0n) is 12.1. The van der Waals surface area contributed by atoms with Crippen molar-refractivity contribution in [1.82, 2.24) is 24.3 Å². The fourth-order valence-electron chi connectivity index (χ4n) is 1.87. The quantitative estimate of drug-likeness (QED) is 0.524. The molecule has 0 saturated heterocycles. The van der Waals surface area contributed by atoms with Crippen molar-refractivity contribution in [3.05, 3.63) is 46.8 Å². The van der Waals surface area contributed by atoms with Crippen LogP contribution in [0.4, 0.5) is 5.69 Å². The van der Waals surface area contributed by atoms with E-state index in [1.165, 1.54) is 23.7 Å². The average Bonchev–Trinajstić information content (AvgIpc) is 2.97. The molecule has 1 N–H and O–H groups in total. The second-order valence-electron chi connectivity index (χ2n) is 4.45. The second kappa shape index (κ2) is 6.14. The molecule has 2 heterocycles. The number of nitrogens with one attached hydrogen (secondary N) is 1. The number of hydrogen-bond acceptors (Lipinski definition) is 8. The van der Waals surface area contributed by atoms with E-state index >= 15 is 0 Å². The highest BCUT2D eigenvalue weighted by molar-refractivity contribution is 7.99. The molecule has 3 rings (SSSR count). The monoisotopic (exact) mass is 366 g/mol. The predicted molar refractivity (Wildman–Crippen MR) is 84.2 cm³/mol. The lowest BCUT2D eigenvalue weighted by Crippen LogP contribution is -2.18.